The van der Waals surface area contributed by atoms with E-state index >= 15 is 0 Å². The molecule has 3 aromatic heterocycles. The maximum atomic E-state index is 13.4. The molecule has 12 heteroatoms. The number of carbonyl (C=O) groups is 1. The monoisotopic (exact) mass is 514 g/mol. The fraction of sp³-hybridized carbons (Fsp3) is 0.542. The van der Waals surface area contributed by atoms with Crippen molar-refractivity contribution in [2.24, 2.45) is 5.92 Å². The predicted octanol–water partition coefficient (Wildman–Crippen LogP) is 4.05. The van der Waals surface area contributed by atoms with Gasteiger partial charge in [0.05, 0.1) is 13.0 Å². The highest BCUT2D eigenvalue weighted by Crippen LogP contribution is 2.41. The van der Waals surface area contributed by atoms with Gasteiger partial charge in [0.1, 0.15) is 42.4 Å². The molecule has 36 heavy (non-hydrogen) atoms. The molecule has 192 valence electrons. The standard InChI is InChI=1S/C24H31FN6O4Si/c1-33-23-19(24(27-12-26-23)35-14-5-6-14)20-15-7-8-18(29-22(32)16-11-17(16)25)28-21(15)31(30-20)13-34-9-10-36(2,3)4/h7-8,12,14,16-17H,5-6,9-11,13H2,1-4H3,(H,28,29,32)/t16-,17+/m1/s1. The molecule has 0 bridgehead atoms. The summed E-state index contributed by atoms with van der Waals surface area (Å²) >= 11 is 0. The molecule has 0 radical (unpaired) electrons. The largest absolute Gasteiger partial charge is 0.480 e. The highest BCUT2D eigenvalue weighted by atomic mass is 28.3. The number of carbonyl (C=O) groups excluding carboxylic acids is 1. The molecule has 0 unspecified atom stereocenters. The van der Waals surface area contributed by atoms with Gasteiger partial charge >= 0.3 is 0 Å². The van der Waals surface area contributed by atoms with E-state index in [1.54, 1.807) is 10.7 Å². The summed E-state index contributed by atoms with van der Waals surface area (Å²) in [6.45, 7) is 7.66. The molecule has 1 N–H and O–H groups in total. The Kier molecular flexibility index (Phi) is 6.64. The molecule has 1 amide bonds. The lowest BCUT2D eigenvalue weighted by atomic mass is 10.1. The molecular formula is C24H31FN6O4Si. The fourth-order valence-corrected chi connectivity index (χ4v) is 4.48. The number of fused-ring (bicyclic) bond motifs is 1. The zero-order chi connectivity index (χ0) is 25.4. The smallest absolute Gasteiger partial charge is 0.231 e. The molecule has 2 saturated carbocycles. The van der Waals surface area contributed by atoms with E-state index < -0.39 is 20.2 Å². The Morgan fingerprint density at radius 1 is 1.22 bits per heavy atom. The van der Waals surface area contributed by atoms with Crippen molar-refractivity contribution >= 4 is 30.8 Å². The highest BCUT2D eigenvalue weighted by Gasteiger charge is 2.43. The molecule has 2 atom stereocenters. The van der Waals surface area contributed by atoms with E-state index in [1.165, 1.54) is 13.4 Å². The van der Waals surface area contributed by atoms with Crippen molar-refractivity contribution in [1.29, 1.82) is 0 Å². The average molecular weight is 515 g/mol. The number of ether oxygens (including phenoxy) is 3. The number of hydrogen-bond acceptors (Lipinski definition) is 8. The second-order valence-electron chi connectivity index (χ2n) is 10.5. The van der Waals surface area contributed by atoms with Crippen LogP contribution < -0.4 is 14.8 Å². The van der Waals surface area contributed by atoms with Gasteiger partial charge in [-0.1, -0.05) is 19.6 Å². The summed E-state index contributed by atoms with van der Waals surface area (Å²) in [5, 5.41) is 8.22. The zero-order valence-electron chi connectivity index (χ0n) is 21.0. The molecule has 0 saturated heterocycles. The van der Waals surface area contributed by atoms with Crippen molar-refractivity contribution in [3.8, 4) is 23.0 Å². The van der Waals surface area contributed by atoms with Crippen LogP contribution in [0.1, 0.15) is 19.3 Å². The number of methoxy groups -OCH3 is 1. The third-order valence-corrected chi connectivity index (χ3v) is 7.82. The van der Waals surface area contributed by atoms with Crippen LogP contribution in [0.15, 0.2) is 18.5 Å². The van der Waals surface area contributed by atoms with Crippen LogP contribution in [0.2, 0.25) is 25.7 Å². The highest BCUT2D eigenvalue weighted by molar-refractivity contribution is 6.76. The van der Waals surface area contributed by atoms with Gasteiger partial charge < -0.3 is 19.5 Å². The number of halogens is 1. The van der Waals surface area contributed by atoms with Gasteiger partial charge in [0.2, 0.25) is 17.7 Å². The lowest BCUT2D eigenvalue weighted by molar-refractivity contribution is -0.117. The minimum atomic E-state index is -1.26. The molecule has 0 aliphatic heterocycles. The van der Waals surface area contributed by atoms with Crippen molar-refractivity contribution in [2.45, 2.75) is 64.0 Å². The normalized spacial score (nSPS) is 19.4. The first-order valence-corrected chi connectivity index (χ1v) is 15.9. The molecule has 3 heterocycles. The summed E-state index contributed by atoms with van der Waals surface area (Å²) in [4.78, 5) is 25.5. The Balaban J connectivity index is 1.52. The molecule has 5 rings (SSSR count). The Bertz CT molecular complexity index is 1280. The van der Waals surface area contributed by atoms with Gasteiger partial charge in [0.25, 0.3) is 0 Å². The summed E-state index contributed by atoms with van der Waals surface area (Å²) < 4.78 is 32.5. The fourth-order valence-electron chi connectivity index (χ4n) is 3.72. The first-order valence-electron chi connectivity index (χ1n) is 12.2. The zero-order valence-corrected chi connectivity index (χ0v) is 22.0. The van der Waals surface area contributed by atoms with Crippen LogP contribution in [0.3, 0.4) is 0 Å². The van der Waals surface area contributed by atoms with Crippen LogP contribution >= 0.6 is 0 Å². The van der Waals surface area contributed by atoms with Crippen molar-refractivity contribution in [3.63, 3.8) is 0 Å². The third kappa shape index (κ3) is 5.49. The van der Waals surface area contributed by atoms with Gasteiger partial charge in [0, 0.05) is 20.1 Å². The van der Waals surface area contributed by atoms with E-state index in [1.807, 2.05) is 6.07 Å². The number of pyridine rings is 1. The summed E-state index contributed by atoms with van der Waals surface area (Å²) in [5.74, 6) is 0.0840. The van der Waals surface area contributed by atoms with Crippen molar-refractivity contribution in [3.05, 3.63) is 18.5 Å². The average Bonchev–Trinajstić information content (AvgIpc) is 3.75. The maximum absolute atomic E-state index is 13.4. The van der Waals surface area contributed by atoms with Gasteiger partial charge in [-0.15, -0.1) is 0 Å². The Labute approximate surface area is 209 Å². The van der Waals surface area contributed by atoms with Crippen LogP contribution in [-0.4, -0.2) is 64.7 Å². The second kappa shape index (κ2) is 9.73. The van der Waals surface area contributed by atoms with E-state index in [2.05, 4.69) is 39.9 Å². The van der Waals surface area contributed by atoms with Crippen LogP contribution in [0.4, 0.5) is 10.2 Å². The van der Waals surface area contributed by atoms with E-state index in [0.717, 1.165) is 18.9 Å². The van der Waals surface area contributed by atoms with E-state index in [0.29, 0.717) is 46.5 Å². The second-order valence-corrected chi connectivity index (χ2v) is 16.1. The Morgan fingerprint density at radius 3 is 2.64 bits per heavy atom. The van der Waals surface area contributed by atoms with Gasteiger partial charge in [0.15, 0.2) is 5.65 Å². The molecule has 0 spiro atoms. The summed E-state index contributed by atoms with van der Waals surface area (Å²) in [6.07, 6.45) is 2.62. The van der Waals surface area contributed by atoms with Crippen molar-refractivity contribution < 1.29 is 23.4 Å². The molecule has 3 aromatic rings. The Morgan fingerprint density at radius 2 is 1.97 bits per heavy atom. The molecular weight excluding hydrogens is 483 g/mol. The minimum absolute atomic E-state index is 0.114. The van der Waals surface area contributed by atoms with Crippen LogP contribution in [-0.2, 0) is 16.3 Å². The first-order chi connectivity index (χ1) is 17.2. The number of amides is 1. The van der Waals surface area contributed by atoms with Crippen LogP contribution in [0.5, 0.6) is 11.8 Å². The quantitative estimate of drug-likeness (QED) is 0.301. The summed E-state index contributed by atoms with van der Waals surface area (Å²) in [7, 11) is 0.273. The van der Waals surface area contributed by atoms with Crippen LogP contribution in [0.25, 0.3) is 22.3 Å². The molecule has 10 nitrogen and oxygen atoms in total. The van der Waals surface area contributed by atoms with Crippen LogP contribution in [0, 0.1) is 5.92 Å². The number of nitrogens with zero attached hydrogens (tertiary/aromatic N) is 5. The SMILES string of the molecule is COc1ncnc(OC2CC2)c1-c1nn(COCC[Si](C)(C)C)c2nc(NC(=O)[C@@H]3C[C@@H]3F)ccc12. The first kappa shape index (κ1) is 24.6. The minimum Gasteiger partial charge on any atom is -0.480 e. The van der Waals surface area contributed by atoms with Crippen molar-refractivity contribution in [2.75, 3.05) is 19.0 Å². The lowest BCUT2D eigenvalue weighted by Crippen LogP contribution is -2.22. The van der Waals surface area contributed by atoms with E-state index in [4.69, 9.17) is 19.3 Å². The van der Waals surface area contributed by atoms with E-state index in [9.17, 15) is 9.18 Å². The number of nitrogens with one attached hydrogen (secondary N) is 1. The third-order valence-electron chi connectivity index (χ3n) is 6.12. The topological polar surface area (TPSA) is 113 Å². The number of hydrogen-bond donors (Lipinski definition) is 1. The molecule has 0 aromatic carbocycles. The molecule has 2 fully saturated rings. The number of alkyl halides is 1. The van der Waals surface area contributed by atoms with Gasteiger partial charge in [-0.05, 0) is 37.4 Å². The predicted molar refractivity (Wildman–Crippen MR) is 134 cm³/mol. The molecule has 2 aliphatic rings. The summed E-state index contributed by atoms with van der Waals surface area (Å²) in [5.41, 5.74) is 1.59. The van der Waals surface area contributed by atoms with Gasteiger partial charge in [-0.2, -0.15) is 5.10 Å². The molecule has 2 aliphatic carbocycles. The summed E-state index contributed by atoms with van der Waals surface area (Å²) in [6, 6.07) is 4.50. The number of aromatic nitrogens is 5. The lowest BCUT2D eigenvalue weighted by Gasteiger charge is -2.15. The maximum Gasteiger partial charge on any atom is 0.231 e. The Hall–Kier alpha value is -3.12. The number of rotatable bonds is 11. The van der Waals surface area contributed by atoms with Crippen molar-refractivity contribution in [1.82, 2.24) is 24.7 Å². The van der Waals surface area contributed by atoms with E-state index in [-0.39, 0.29) is 25.2 Å². The van der Waals surface area contributed by atoms with Gasteiger partial charge in [-0.3, -0.25) is 4.79 Å². The number of anilines is 1. The van der Waals surface area contributed by atoms with Gasteiger partial charge in [-0.25, -0.2) is 24.0 Å².